The fraction of sp³-hybridized carbons (Fsp3) is 0.600. The van der Waals surface area contributed by atoms with Crippen LogP contribution in [-0.4, -0.2) is 89.6 Å². The molecule has 1 fully saturated rings. The maximum Gasteiger partial charge on any atom is 0.408 e. The molecule has 0 saturated carbocycles. The third-order valence-electron chi connectivity index (χ3n) is 5.43. The molecule has 0 aromatic heterocycles. The van der Waals surface area contributed by atoms with Crippen molar-refractivity contribution in [2.24, 2.45) is 0 Å². The van der Waals surface area contributed by atoms with Crippen molar-refractivity contribution >= 4 is 35.6 Å². The smallest absolute Gasteiger partial charge is 0.408 e. The van der Waals surface area contributed by atoms with Gasteiger partial charge in [0.15, 0.2) is 0 Å². The van der Waals surface area contributed by atoms with Gasteiger partial charge in [-0.15, -0.1) is 0 Å². The van der Waals surface area contributed by atoms with Gasteiger partial charge in [0.1, 0.15) is 24.2 Å². The van der Waals surface area contributed by atoms with Crippen LogP contribution in [0.2, 0.25) is 0 Å². The Morgan fingerprint density at radius 3 is 2.46 bits per heavy atom. The van der Waals surface area contributed by atoms with Gasteiger partial charge in [0.25, 0.3) is 0 Å². The second kappa shape index (κ2) is 13.4. The number of amides is 3. The number of hydrogen-bond acceptors (Lipinski definition) is 7. The van der Waals surface area contributed by atoms with E-state index in [1.165, 1.54) is 4.90 Å². The summed E-state index contributed by atoms with van der Waals surface area (Å²) in [6.45, 7) is 7.33. The molecule has 10 heteroatoms. The summed E-state index contributed by atoms with van der Waals surface area (Å²) >= 11 is 1.57. The Morgan fingerprint density at radius 1 is 1.17 bits per heavy atom. The van der Waals surface area contributed by atoms with Crippen molar-refractivity contribution in [1.29, 1.82) is 0 Å². The average Bonchev–Trinajstić information content (AvgIpc) is 2.80. The Kier molecular flexibility index (Phi) is 10.9. The highest BCUT2D eigenvalue weighted by atomic mass is 32.2. The molecule has 194 valence electrons. The summed E-state index contributed by atoms with van der Waals surface area (Å²) in [5.41, 5.74) is 0.232. The van der Waals surface area contributed by atoms with Gasteiger partial charge in [-0.3, -0.25) is 9.59 Å². The maximum absolute atomic E-state index is 13.6. The monoisotopic (exact) mass is 507 g/mol. The van der Waals surface area contributed by atoms with E-state index >= 15 is 0 Å². The first-order chi connectivity index (χ1) is 16.6. The summed E-state index contributed by atoms with van der Waals surface area (Å²) in [6.07, 6.45) is 2.00. The van der Waals surface area contributed by atoms with Gasteiger partial charge in [0, 0.05) is 19.5 Å². The number of esters is 1. The standard InChI is InChI=1S/C25H37N3O6S/c1-6-33-23(31)20(16-18-10-8-7-9-11-18)28-14-13-27(19(22(28)30)12-15-35-5)21(29)17-26-24(32)34-25(2,3)4/h7-11,19-20H,6,12-17H2,1-5H3,(H,26,32)/t19-,20+/m1/s1. The summed E-state index contributed by atoms with van der Waals surface area (Å²) in [5, 5.41) is 2.47. The quantitative estimate of drug-likeness (QED) is 0.485. The lowest BCUT2D eigenvalue weighted by atomic mass is 10.0. The van der Waals surface area contributed by atoms with Gasteiger partial charge >= 0.3 is 12.1 Å². The van der Waals surface area contributed by atoms with Gasteiger partial charge in [0.05, 0.1) is 6.61 Å². The van der Waals surface area contributed by atoms with E-state index in [2.05, 4.69) is 5.32 Å². The van der Waals surface area contributed by atoms with E-state index in [0.717, 1.165) is 5.56 Å². The molecule has 1 aromatic rings. The zero-order valence-corrected chi connectivity index (χ0v) is 22.1. The van der Waals surface area contributed by atoms with E-state index in [-0.39, 0.29) is 38.1 Å². The largest absolute Gasteiger partial charge is 0.464 e. The number of carbonyl (C=O) groups excluding carboxylic acids is 4. The van der Waals surface area contributed by atoms with E-state index in [4.69, 9.17) is 9.47 Å². The second-order valence-electron chi connectivity index (χ2n) is 9.23. The van der Waals surface area contributed by atoms with E-state index in [0.29, 0.717) is 18.6 Å². The highest BCUT2D eigenvalue weighted by Gasteiger charge is 2.42. The van der Waals surface area contributed by atoms with Crippen molar-refractivity contribution in [1.82, 2.24) is 15.1 Å². The van der Waals surface area contributed by atoms with Crippen molar-refractivity contribution in [2.75, 3.05) is 38.2 Å². The van der Waals surface area contributed by atoms with Crippen molar-refractivity contribution in [3.63, 3.8) is 0 Å². The number of thioether (sulfide) groups is 1. The van der Waals surface area contributed by atoms with E-state index in [9.17, 15) is 19.2 Å². The average molecular weight is 508 g/mol. The molecule has 0 unspecified atom stereocenters. The van der Waals surface area contributed by atoms with Crippen molar-refractivity contribution in [3.05, 3.63) is 35.9 Å². The van der Waals surface area contributed by atoms with Crippen LogP contribution in [0.1, 0.15) is 39.7 Å². The first kappa shape index (κ1) is 28.5. The molecule has 1 heterocycles. The molecule has 1 N–H and O–H groups in total. The molecule has 1 aromatic carbocycles. The lowest BCUT2D eigenvalue weighted by Gasteiger charge is -2.43. The summed E-state index contributed by atoms with van der Waals surface area (Å²) < 4.78 is 10.5. The summed E-state index contributed by atoms with van der Waals surface area (Å²) in [7, 11) is 0. The number of rotatable bonds is 10. The van der Waals surface area contributed by atoms with Crippen LogP contribution >= 0.6 is 11.8 Å². The van der Waals surface area contributed by atoms with Gasteiger partial charge in [-0.25, -0.2) is 9.59 Å². The minimum atomic E-state index is -0.779. The Morgan fingerprint density at radius 2 is 1.86 bits per heavy atom. The number of carbonyl (C=O) groups is 4. The molecule has 0 spiro atoms. The van der Waals surface area contributed by atoms with Crippen LogP contribution < -0.4 is 5.32 Å². The van der Waals surface area contributed by atoms with Crippen LogP contribution in [0.5, 0.6) is 0 Å². The fourth-order valence-corrected chi connectivity index (χ4v) is 4.34. The molecular formula is C25H37N3O6S. The van der Waals surface area contributed by atoms with Crippen LogP contribution in [-0.2, 0) is 30.3 Å². The maximum atomic E-state index is 13.6. The van der Waals surface area contributed by atoms with E-state index in [1.807, 2.05) is 36.6 Å². The third-order valence-corrected chi connectivity index (χ3v) is 6.08. The SMILES string of the molecule is CCOC(=O)[C@H](Cc1ccccc1)N1CCN(C(=O)CNC(=O)OC(C)(C)C)[C@H](CCSC)C1=O. The van der Waals surface area contributed by atoms with Crippen LogP contribution in [0.25, 0.3) is 0 Å². The Hall–Kier alpha value is -2.75. The minimum Gasteiger partial charge on any atom is -0.464 e. The predicted molar refractivity (Wildman–Crippen MR) is 135 cm³/mol. The molecule has 2 atom stereocenters. The molecule has 1 aliphatic heterocycles. The van der Waals surface area contributed by atoms with Crippen LogP contribution in [0, 0.1) is 0 Å². The molecule has 1 aliphatic rings. The molecule has 35 heavy (non-hydrogen) atoms. The summed E-state index contributed by atoms with van der Waals surface area (Å²) in [4.78, 5) is 54.5. The molecule has 0 bridgehead atoms. The second-order valence-corrected chi connectivity index (χ2v) is 10.2. The first-order valence-corrected chi connectivity index (χ1v) is 13.2. The zero-order valence-electron chi connectivity index (χ0n) is 21.2. The third kappa shape index (κ3) is 8.76. The van der Waals surface area contributed by atoms with Gasteiger partial charge < -0.3 is 24.6 Å². The van der Waals surface area contributed by atoms with Crippen molar-refractivity contribution in [3.8, 4) is 0 Å². The van der Waals surface area contributed by atoms with Gasteiger partial charge in [-0.05, 0) is 51.7 Å². The highest BCUT2D eigenvalue weighted by molar-refractivity contribution is 7.98. The fourth-order valence-electron chi connectivity index (χ4n) is 3.88. The topological polar surface area (TPSA) is 105 Å². The number of ether oxygens (including phenoxy) is 2. The van der Waals surface area contributed by atoms with Crippen molar-refractivity contribution < 1.29 is 28.7 Å². The molecular weight excluding hydrogens is 470 g/mol. The number of alkyl carbamates (subject to hydrolysis) is 1. The normalized spacial score (nSPS) is 17.1. The number of piperazine rings is 1. The number of benzene rings is 1. The lowest BCUT2D eigenvalue weighted by Crippen LogP contribution is -2.63. The summed E-state index contributed by atoms with van der Waals surface area (Å²) in [6, 6.07) is 7.97. The van der Waals surface area contributed by atoms with Crippen LogP contribution in [0.4, 0.5) is 4.79 Å². The minimum absolute atomic E-state index is 0.198. The highest BCUT2D eigenvalue weighted by Crippen LogP contribution is 2.21. The van der Waals surface area contributed by atoms with Crippen LogP contribution in [0.15, 0.2) is 30.3 Å². The Balaban J connectivity index is 2.18. The van der Waals surface area contributed by atoms with Gasteiger partial charge in [-0.1, -0.05) is 30.3 Å². The molecule has 3 amide bonds. The zero-order chi connectivity index (χ0) is 26.0. The molecule has 2 rings (SSSR count). The van der Waals surface area contributed by atoms with Crippen molar-refractivity contribution in [2.45, 2.75) is 58.2 Å². The van der Waals surface area contributed by atoms with Gasteiger partial charge in [0.2, 0.25) is 11.8 Å². The Labute approximate surface area is 211 Å². The molecule has 9 nitrogen and oxygen atoms in total. The lowest BCUT2D eigenvalue weighted by molar-refractivity contribution is -0.162. The molecule has 0 radical (unpaired) electrons. The van der Waals surface area contributed by atoms with E-state index < -0.39 is 29.7 Å². The number of nitrogens with one attached hydrogen (secondary N) is 1. The predicted octanol–water partition coefficient (Wildman–Crippen LogP) is 2.48. The van der Waals surface area contributed by atoms with Crippen LogP contribution in [0.3, 0.4) is 0 Å². The number of hydrogen-bond donors (Lipinski definition) is 1. The van der Waals surface area contributed by atoms with Gasteiger partial charge in [-0.2, -0.15) is 11.8 Å². The Bertz CT molecular complexity index is 874. The number of nitrogens with zero attached hydrogens (tertiary/aromatic N) is 2. The molecule has 1 saturated heterocycles. The summed E-state index contributed by atoms with van der Waals surface area (Å²) in [5.74, 6) is -0.452. The first-order valence-electron chi connectivity index (χ1n) is 11.8. The van der Waals surface area contributed by atoms with E-state index in [1.54, 1.807) is 44.4 Å². The molecule has 0 aliphatic carbocycles.